The molecule has 0 atom stereocenters. The van der Waals surface area contributed by atoms with Gasteiger partial charge in [0.1, 0.15) is 11.6 Å². The molecule has 0 fully saturated rings. The molecule has 2 aromatic heterocycles. The highest BCUT2D eigenvalue weighted by Crippen LogP contribution is 2.34. The molecular formula is C16H11F4N5. The molecule has 2 heterocycles. The molecule has 128 valence electrons. The number of nitrogens with two attached hydrogens (primary N) is 1. The van der Waals surface area contributed by atoms with Crippen LogP contribution in [0.5, 0.6) is 0 Å². The van der Waals surface area contributed by atoms with Crippen LogP contribution in [0.25, 0.3) is 22.4 Å². The van der Waals surface area contributed by atoms with Gasteiger partial charge in [-0.05, 0) is 23.8 Å². The second-order valence-corrected chi connectivity index (χ2v) is 5.03. The first-order chi connectivity index (χ1) is 11.9. The lowest BCUT2D eigenvalue weighted by Gasteiger charge is -2.12. The number of hydrogen-bond donors (Lipinski definition) is 2. The fraction of sp³-hybridized carbons (Fsp3) is 0.0625. The first-order valence-corrected chi connectivity index (χ1v) is 7.01. The smallest absolute Gasteiger partial charge is 0.308 e. The molecule has 0 unspecified atom stereocenters. The summed E-state index contributed by atoms with van der Waals surface area (Å²) in [4.78, 5) is 10.9. The van der Waals surface area contributed by atoms with Crippen LogP contribution < -0.4 is 11.3 Å². The van der Waals surface area contributed by atoms with Crippen molar-refractivity contribution in [2.24, 2.45) is 5.84 Å². The number of pyridine rings is 1. The number of anilines is 1. The maximum atomic E-state index is 13.1. The van der Waals surface area contributed by atoms with Crippen molar-refractivity contribution >= 4 is 5.82 Å². The normalized spacial score (nSPS) is 11.4. The molecule has 3 aromatic rings. The number of rotatable bonds is 3. The van der Waals surface area contributed by atoms with Crippen molar-refractivity contribution in [3.63, 3.8) is 0 Å². The van der Waals surface area contributed by atoms with Crippen molar-refractivity contribution < 1.29 is 17.6 Å². The van der Waals surface area contributed by atoms with E-state index in [2.05, 4.69) is 20.4 Å². The molecule has 0 saturated carbocycles. The van der Waals surface area contributed by atoms with Crippen molar-refractivity contribution in [3.05, 3.63) is 60.4 Å². The lowest BCUT2D eigenvalue weighted by atomic mass is 9.99. The number of alkyl halides is 3. The van der Waals surface area contributed by atoms with E-state index in [4.69, 9.17) is 5.84 Å². The van der Waals surface area contributed by atoms with Gasteiger partial charge in [-0.15, -0.1) is 0 Å². The molecule has 25 heavy (non-hydrogen) atoms. The highest BCUT2D eigenvalue weighted by molar-refractivity contribution is 5.81. The Hall–Kier alpha value is -3.07. The monoisotopic (exact) mass is 349 g/mol. The Kier molecular flexibility index (Phi) is 4.32. The van der Waals surface area contributed by atoms with E-state index in [1.807, 2.05) is 0 Å². The molecule has 0 saturated heterocycles. The van der Waals surface area contributed by atoms with Crippen LogP contribution in [-0.4, -0.2) is 15.0 Å². The van der Waals surface area contributed by atoms with Crippen molar-refractivity contribution in [1.82, 2.24) is 15.0 Å². The molecule has 0 aliphatic rings. The summed E-state index contributed by atoms with van der Waals surface area (Å²) in [5.41, 5.74) is 3.57. The standard InChI is InChI=1S/C16H11F4N5/c17-10-3-1-9(2-4-10)12-8-22-6-5-11(12)13-7-14(25-21)24-15(23-13)16(18,19)20/h1-8H,21H2,(H,23,24,25). The Morgan fingerprint density at radius 1 is 0.960 bits per heavy atom. The Balaban J connectivity index is 2.19. The van der Waals surface area contributed by atoms with Crippen molar-refractivity contribution in [3.8, 4) is 22.4 Å². The largest absolute Gasteiger partial charge is 0.451 e. The topological polar surface area (TPSA) is 76.7 Å². The maximum Gasteiger partial charge on any atom is 0.451 e. The van der Waals surface area contributed by atoms with Crippen molar-refractivity contribution in [2.75, 3.05) is 5.43 Å². The minimum Gasteiger partial charge on any atom is -0.308 e. The minimum absolute atomic E-state index is 0.0111. The van der Waals surface area contributed by atoms with Gasteiger partial charge in [0.25, 0.3) is 0 Å². The Labute approximate surface area is 139 Å². The second-order valence-electron chi connectivity index (χ2n) is 5.03. The summed E-state index contributed by atoms with van der Waals surface area (Å²) in [6.07, 6.45) is -1.84. The number of halogens is 4. The molecule has 9 heteroatoms. The second kappa shape index (κ2) is 6.44. The summed E-state index contributed by atoms with van der Waals surface area (Å²) >= 11 is 0. The summed E-state index contributed by atoms with van der Waals surface area (Å²) in [5, 5.41) is 0. The summed E-state index contributed by atoms with van der Waals surface area (Å²) in [5.74, 6) is 3.29. The molecule has 3 N–H and O–H groups in total. The highest BCUT2D eigenvalue weighted by atomic mass is 19.4. The number of nitrogens with one attached hydrogen (secondary N) is 1. The van der Waals surface area contributed by atoms with Crippen LogP contribution in [0.4, 0.5) is 23.4 Å². The summed E-state index contributed by atoms with van der Waals surface area (Å²) in [6, 6.07) is 8.31. The molecule has 5 nitrogen and oxygen atoms in total. The van der Waals surface area contributed by atoms with E-state index < -0.39 is 17.8 Å². The van der Waals surface area contributed by atoms with E-state index in [1.54, 1.807) is 0 Å². The third-order valence-electron chi connectivity index (χ3n) is 3.38. The summed E-state index contributed by atoms with van der Waals surface area (Å²) in [6.45, 7) is 0. The molecule has 3 rings (SSSR count). The van der Waals surface area contributed by atoms with Crippen LogP contribution in [0.1, 0.15) is 5.82 Å². The number of hydrogen-bond acceptors (Lipinski definition) is 5. The molecule has 1 aromatic carbocycles. The molecule has 0 aliphatic heterocycles. The number of hydrazine groups is 1. The van der Waals surface area contributed by atoms with Crippen LogP contribution in [0.2, 0.25) is 0 Å². The van der Waals surface area contributed by atoms with E-state index in [9.17, 15) is 17.6 Å². The highest BCUT2D eigenvalue weighted by Gasteiger charge is 2.35. The van der Waals surface area contributed by atoms with Crippen LogP contribution in [0, 0.1) is 5.82 Å². The zero-order chi connectivity index (χ0) is 18.0. The van der Waals surface area contributed by atoms with Crippen LogP contribution in [0.3, 0.4) is 0 Å². The zero-order valence-corrected chi connectivity index (χ0v) is 12.5. The fourth-order valence-electron chi connectivity index (χ4n) is 2.26. The number of benzene rings is 1. The average molecular weight is 349 g/mol. The number of nitrogen functional groups attached to an aromatic ring is 1. The van der Waals surface area contributed by atoms with Gasteiger partial charge in [-0.25, -0.2) is 20.2 Å². The lowest BCUT2D eigenvalue weighted by Crippen LogP contribution is -2.16. The fourth-order valence-corrected chi connectivity index (χ4v) is 2.26. The first kappa shape index (κ1) is 16.8. The van der Waals surface area contributed by atoms with Crippen LogP contribution >= 0.6 is 0 Å². The predicted molar refractivity (Wildman–Crippen MR) is 83.5 cm³/mol. The molecule has 0 radical (unpaired) electrons. The SMILES string of the molecule is NNc1cc(-c2ccncc2-c2ccc(F)cc2)nc(C(F)(F)F)n1. The van der Waals surface area contributed by atoms with Crippen LogP contribution in [0.15, 0.2) is 48.8 Å². The van der Waals surface area contributed by atoms with Crippen molar-refractivity contribution in [2.45, 2.75) is 6.18 Å². The van der Waals surface area contributed by atoms with Gasteiger partial charge >= 0.3 is 6.18 Å². The number of nitrogens with zero attached hydrogens (tertiary/aromatic N) is 3. The number of aromatic nitrogens is 3. The Morgan fingerprint density at radius 3 is 2.32 bits per heavy atom. The molecule has 0 spiro atoms. The van der Waals surface area contributed by atoms with Crippen LogP contribution in [-0.2, 0) is 6.18 Å². The minimum atomic E-state index is -4.73. The van der Waals surface area contributed by atoms with Gasteiger partial charge in [-0.2, -0.15) is 13.2 Å². The molecule has 0 bridgehead atoms. The first-order valence-electron chi connectivity index (χ1n) is 7.01. The van der Waals surface area contributed by atoms with Gasteiger partial charge in [0.2, 0.25) is 5.82 Å². The predicted octanol–water partition coefficient (Wildman–Crippen LogP) is 3.65. The van der Waals surface area contributed by atoms with Gasteiger partial charge < -0.3 is 5.43 Å². The average Bonchev–Trinajstić information content (AvgIpc) is 2.61. The van der Waals surface area contributed by atoms with E-state index >= 15 is 0 Å². The third-order valence-corrected chi connectivity index (χ3v) is 3.38. The van der Waals surface area contributed by atoms with E-state index in [0.717, 1.165) is 0 Å². The zero-order valence-electron chi connectivity index (χ0n) is 12.5. The maximum absolute atomic E-state index is 13.1. The summed E-state index contributed by atoms with van der Waals surface area (Å²) in [7, 11) is 0. The quantitative estimate of drug-likeness (QED) is 0.429. The summed E-state index contributed by atoms with van der Waals surface area (Å²) < 4.78 is 52.2. The van der Waals surface area contributed by atoms with Gasteiger partial charge in [0, 0.05) is 29.6 Å². The van der Waals surface area contributed by atoms with Crippen molar-refractivity contribution in [1.29, 1.82) is 0 Å². The van der Waals surface area contributed by atoms with Gasteiger partial charge in [0.15, 0.2) is 0 Å². The van der Waals surface area contributed by atoms with Gasteiger partial charge in [-0.1, -0.05) is 12.1 Å². The van der Waals surface area contributed by atoms with E-state index in [0.29, 0.717) is 16.7 Å². The van der Waals surface area contributed by atoms with E-state index in [1.165, 1.54) is 48.8 Å². The van der Waals surface area contributed by atoms with E-state index in [-0.39, 0.29) is 11.5 Å². The van der Waals surface area contributed by atoms with Gasteiger partial charge in [0.05, 0.1) is 5.69 Å². The molecular weight excluding hydrogens is 338 g/mol. The third kappa shape index (κ3) is 3.56. The Morgan fingerprint density at radius 2 is 1.68 bits per heavy atom. The lowest BCUT2D eigenvalue weighted by molar-refractivity contribution is -0.144. The van der Waals surface area contributed by atoms with Gasteiger partial charge in [-0.3, -0.25) is 4.98 Å². The Bertz CT molecular complexity index is 894. The molecule has 0 aliphatic carbocycles. The molecule has 0 amide bonds.